The summed E-state index contributed by atoms with van der Waals surface area (Å²) < 4.78 is 15.9. The molecule has 0 aliphatic heterocycles. The Balaban J connectivity index is 2.12. The summed E-state index contributed by atoms with van der Waals surface area (Å²) in [6.07, 6.45) is 5.77. The molecular weight excluding hydrogens is 310 g/mol. The van der Waals surface area contributed by atoms with Crippen LogP contribution in [0.25, 0.3) is 11.0 Å². The number of halogens is 3. The van der Waals surface area contributed by atoms with Gasteiger partial charge in [-0.25, -0.2) is 9.37 Å². The van der Waals surface area contributed by atoms with E-state index >= 15 is 0 Å². The van der Waals surface area contributed by atoms with Gasteiger partial charge in [0, 0.05) is 24.4 Å². The van der Waals surface area contributed by atoms with E-state index in [1.807, 2.05) is 0 Å². The molecule has 2 aromatic rings. The fourth-order valence-electron chi connectivity index (χ4n) is 3.51. The molecule has 1 aromatic carbocycles. The van der Waals surface area contributed by atoms with Crippen LogP contribution in [-0.2, 0) is 6.42 Å². The maximum atomic E-state index is 13.7. The van der Waals surface area contributed by atoms with Crippen LogP contribution in [0.3, 0.4) is 0 Å². The summed E-state index contributed by atoms with van der Waals surface area (Å²) in [5.41, 5.74) is 1.59. The maximum Gasteiger partial charge on any atom is 0.144 e. The predicted octanol–water partition coefficient (Wildman–Crippen LogP) is 5.36. The minimum absolute atomic E-state index is 0.152. The molecule has 21 heavy (non-hydrogen) atoms. The first-order valence-electron chi connectivity index (χ1n) is 7.53. The van der Waals surface area contributed by atoms with Crippen LogP contribution in [0.15, 0.2) is 12.1 Å². The van der Waals surface area contributed by atoms with Crippen LogP contribution in [0, 0.1) is 11.7 Å². The fourth-order valence-corrected chi connectivity index (χ4v) is 3.83. The lowest BCUT2D eigenvalue weighted by atomic mass is 9.99. The van der Waals surface area contributed by atoms with Gasteiger partial charge in [0.05, 0.1) is 16.1 Å². The van der Waals surface area contributed by atoms with Crippen LogP contribution in [-0.4, -0.2) is 15.4 Å². The van der Waals surface area contributed by atoms with Crippen LogP contribution in [0.1, 0.15) is 44.5 Å². The van der Waals surface area contributed by atoms with Crippen LogP contribution < -0.4 is 0 Å². The molecule has 0 amide bonds. The Labute approximate surface area is 134 Å². The van der Waals surface area contributed by atoms with E-state index in [9.17, 15) is 4.39 Å². The highest BCUT2D eigenvalue weighted by atomic mass is 35.5. The molecule has 0 N–H and O–H groups in total. The predicted molar refractivity (Wildman–Crippen MR) is 85.8 cm³/mol. The van der Waals surface area contributed by atoms with Crippen molar-refractivity contribution < 1.29 is 4.39 Å². The summed E-state index contributed by atoms with van der Waals surface area (Å²) in [7, 11) is 0. The second-order valence-corrected chi connectivity index (χ2v) is 6.66. The van der Waals surface area contributed by atoms with E-state index in [-0.39, 0.29) is 5.02 Å². The third-order valence-electron chi connectivity index (χ3n) is 4.61. The molecule has 1 unspecified atom stereocenters. The molecule has 1 fully saturated rings. The number of imidazole rings is 1. The molecule has 1 aliphatic rings. The molecule has 0 bridgehead atoms. The molecule has 1 atom stereocenters. The SMILES string of the molecule is CC(C1CCCC1)n1c(CCCl)nc2cc(F)c(Cl)cc21. The van der Waals surface area contributed by atoms with Gasteiger partial charge >= 0.3 is 0 Å². The molecule has 2 nitrogen and oxygen atoms in total. The zero-order valence-electron chi connectivity index (χ0n) is 12.1. The van der Waals surface area contributed by atoms with Gasteiger partial charge in [-0.05, 0) is 31.7 Å². The highest BCUT2D eigenvalue weighted by Gasteiger charge is 2.26. The van der Waals surface area contributed by atoms with Gasteiger partial charge in [0.25, 0.3) is 0 Å². The third kappa shape index (κ3) is 2.78. The van der Waals surface area contributed by atoms with Gasteiger partial charge < -0.3 is 4.57 Å². The lowest BCUT2D eigenvalue weighted by Crippen LogP contribution is -2.17. The monoisotopic (exact) mass is 328 g/mol. The van der Waals surface area contributed by atoms with Crippen molar-refractivity contribution in [2.75, 3.05) is 5.88 Å². The molecule has 3 rings (SSSR count). The summed E-state index contributed by atoms with van der Waals surface area (Å²) >= 11 is 11.9. The lowest BCUT2D eigenvalue weighted by molar-refractivity contribution is 0.360. The van der Waals surface area contributed by atoms with Crippen molar-refractivity contribution in [3.8, 4) is 0 Å². The fraction of sp³-hybridized carbons (Fsp3) is 0.562. The summed E-state index contributed by atoms with van der Waals surface area (Å²) in [4.78, 5) is 4.58. The Morgan fingerprint density at radius 1 is 1.38 bits per heavy atom. The molecule has 0 radical (unpaired) electrons. The lowest BCUT2D eigenvalue weighted by Gasteiger charge is -2.23. The van der Waals surface area contributed by atoms with Crippen molar-refractivity contribution in [1.29, 1.82) is 0 Å². The van der Waals surface area contributed by atoms with Crippen molar-refractivity contribution >= 4 is 34.2 Å². The first kappa shape index (κ1) is 15.1. The average molecular weight is 329 g/mol. The van der Waals surface area contributed by atoms with Crippen molar-refractivity contribution in [3.63, 3.8) is 0 Å². The second-order valence-electron chi connectivity index (χ2n) is 5.88. The van der Waals surface area contributed by atoms with E-state index in [0.717, 1.165) is 11.3 Å². The smallest absolute Gasteiger partial charge is 0.144 e. The molecule has 1 aliphatic carbocycles. The van der Waals surface area contributed by atoms with Gasteiger partial charge in [0.2, 0.25) is 0 Å². The number of fused-ring (bicyclic) bond motifs is 1. The molecule has 1 aromatic heterocycles. The van der Waals surface area contributed by atoms with Crippen LogP contribution >= 0.6 is 23.2 Å². The van der Waals surface area contributed by atoms with E-state index in [2.05, 4.69) is 16.5 Å². The first-order chi connectivity index (χ1) is 10.1. The van der Waals surface area contributed by atoms with Crippen molar-refractivity contribution in [2.45, 2.75) is 45.1 Å². The first-order valence-corrected chi connectivity index (χ1v) is 8.45. The number of aryl methyl sites for hydroxylation is 1. The average Bonchev–Trinajstić information content (AvgIpc) is 3.07. The van der Waals surface area contributed by atoms with Crippen molar-refractivity contribution in [1.82, 2.24) is 9.55 Å². The van der Waals surface area contributed by atoms with Crippen LogP contribution in [0.4, 0.5) is 4.39 Å². The summed E-state index contributed by atoms with van der Waals surface area (Å²) in [6, 6.07) is 3.47. The Kier molecular flexibility index (Phi) is 4.41. The summed E-state index contributed by atoms with van der Waals surface area (Å²) in [5.74, 6) is 1.68. The van der Waals surface area contributed by atoms with Gasteiger partial charge in [-0.3, -0.25) is 0 Å². The molecule has 1 heterocycles. The number of hydrogen-bond acceptors (Lipinski definition) is 1. The second kappa shape index (κ2) is 6.13. The van der Waals surface area contributed by atoms with Gasteiger partial charge in [-0.2, -0.15) is 0 Å². The van der Waals surface area contributed by atoms with Gasteiger partial charge in [0.1, 0.15) is 11.6 Å². The topological polar surface area (TPSA) is 17.8 Å². The summed E-state index contributed by atoms with van der Waals surface area (Å²) in [6.45, 7) is 2.23. The maximum absolute atomic E-state index is 13.7. The molecule has 1 saturated carbocycles. The molecule has 0 spiro atoms. The van der Waals surface area contributed by atoms with Gasteiger partial charge in [-0.15, -0.1) is 11.6 Å². The Morgan fingerprint density at radius 3 is 2.76 bits per heavy atom. The quantitative estimate of drug-likeness (QED) is 0.690. The number of nitrogens with zero attached hydrogens (tertiary/aromatic N) is 2. The van der Waals surface area contributed by atoms with Gasteiger partial charge in [-0.1, -0.05) is 24.4 Å². The number of rotatable bonds is 4. The zero-order valence-corrected chi connectivity index (χ0v) is 13.6. The van der Waals surface area contributed by atoms with Crippen molar-refractivity contribution in [2.24, 2.45) is 5.92 Å². The van der Waals surface area contributed by atoms with E-state index < -0.39 is 5.82 Å². The van der Waals surface area contributed by atoms with Crippen LogP contribution in [0.5, 0.6) is 0 Å². The molecule has 114 valence electrons. The number of benzene rings is 1. The zero-order chi connectivity index (χ0) is 15.0. The molecular formula is C16H19Cl2FN2. The van der Waals surface area contributed by atoms with E-state index in [0.29, 0.717) is 29.8 Å². The Hall–Kier alpha value is -0.800. The number of alkyl halides is 1. The largest absolute Gasteiger partial charge is 0.325 e. The standard InChI is InChI=1S/C16H19Cl2FN2/c1-10(11-4-2-3-5-11)21-15-8-12(18)13(19)9-14(15)20-16(21)6-7-17/h8-11H,2-7H2,1H3. The number of hydrogen-bond donors (Lipinski definition) is 0. The minimum atomic E-state index is -0.417. The highest BCUT2D eigenvalue weighted by molar-refractivity contribution is 6.31. The molecule has 0 saturated heterocycles. The Bertz CT molecular complexity index is 647. The van der Waals surface area contributed by atoms with Gasteiger partial charge in [0.15, 0.2) is 0 Å². The number of aromatic nitrogens is 2. The van der Waals surface area contributed by atoms with Crippen molar-refractivity contribution in [3.05, 3.63) is 28.8 Å². The normalized spacial score (nSPS) is 17.7. The molecule has 5 heteroatoms. The van der Waals surface area contributed by atoms with E-state index in [1.165, 1.54) is 31.7 Å². The minimum Gasteiger partial charge on any atom is -0.325 e. The third-order valence-corrected chi connectivity index (χ3v) is 5.09. The highest BCUT2D eigenvalue weighted by Crippen LogP contribution is 2.37. The van der Waals surface area contributed by atoms with Crippen LogP contribution in [0.2, 0.25) is 5.02 Å². The summed E-state index contributed by atoms with van der Waals surface area (Å²) in [5, 5.41) is 0.152. The van der Waals surface area contributed by atoms with E-state index in [1.54, 1.807) is 6.07 Å². The van der Waals surface area contributed by atoms with E-state index in [4.69, 9.17) is 23.2 Å². The Morgan fingerprint density at radius 2 is 2.10 bits per heavy atom.